The molecule has 0 amide bonds. The number of ketones is 1. The molecule has 0 aliphatic carbocycles. The van der Waals surface area contributed by atoms with Crippen molar-refractivity contribution in [3.63, 3.8) is 0 Å². The fraction of sp³-hybridized carbons (Fsp3) is 0.0667. The highest BCUT2D eigenvalue weighted by Gasteiger charge is 2.10. The van der Waals surface area contributed by atoms with Crippen LogP contribution in [0.2, 0.25) is 0 Å². The summed E-state index contributed by atoms with van der Waals surface area (Å²) in [5.74, 6) is -0.216. The number of aromatic amines is 1. The normalized spacial score (nSPS) is 10.9. The molecule has 0 unspecified atom stereocenters. The summed E-state index contributed by atoms with van der Waals surface area (Å²) in [6.45, 7) is 1.40. The van der Waals surface area contributed by atoms with Gasteiger partial charge in [-0.15, -0.1) is 0 Å². The maximum Gasteiger partial charge on any atom is 0.200 e. The number of aromatic nitrogens is 1. The summed E-state index contributed by atoms with van der Waals surface area (Å²) < 4.78 is 0. The Morgan fingerprint density at radius 2 is 1.83 bits per heavy atom. The first kappa shape index (κ1) is 10.7. The van der Waals surface area contributed by atoms with Crippen molar-refractivity contribution in [2.75, 3.05) is 0 Å². The first-order valence-corrected chi connectivity index (χ1v) is 5.72. The third-order valence-corrected chi connectivity index (χ3v) is 3.16. The van der Waals surface area contributed by atoms with E-state index in [0.29, 0.717) is 5.39 Å². The van der Waals surface area contributed by atoms with E-state index < -0.39 is 0 Å². The lowest BCUT2D eigenvalue weighted by atomic mass is 10.0. The van der Waals surface area contributed by atoms with E-state index in [0.717, 1.165) is 16.3 Å². The lowest BCUT2D eigenvalue weighted by Gasteiger charge is -2.04. The van der Waals surface area contributed by atoms with Crippen LogP contribution >= 0.6 is 0 Å². The van der Waals surface area contributed by atoms with Crippen molar-refractivity contribution in [1.82, 2.24) is 4.98 Å². The molecule has 18 heavy (non-hydrogen) atoms. The number of carbonyl (C=O) groups is 1. The maximum absolute atomic E-state index is 12.2. The minimum absolute atomic E-state index is 0.206. The molecule has 0 aliphatic rings. The van der Waals surface area contributed by atoms with Crippen molar-refractivity contribution in [3.8, 4) is 0 Å². The van der Waals surface area contributed by atoms with Crippen LogP contribution in [0.3, 0.4) is 0 Å². The predicted molar refractivity (Wildman–Crippen MR) is 72.1 cm³/mol. The van der Waals surface area contributed by atoms with E-state index in [1.54, 1.807) is 6.07 Å². The predicted octanol–water partition coefficient (Wildman–Crippen LogP) is 2.88. The zero-order valence-electron chi connectivity index (χ0n) is 9.86. The zero-order valence-corrected chi connectivity index (χ0v) is 9.86. The Morgan fingerprint density at radius 3 is 2.61 bits per heavy atom. The van der Waals surface area contributed by atoms with Crippen LogP contribution in [0.15, 0.2) is 47.4 Å². The van der Waals surface area contributed by atoms with Crippen LogP contribution in [0.25, 0.3) is 21.7 Å². The number of Topliss-reactive ketones (excluding diaryl/α,β-unsaturated/α-hetero) is 1. The number of H-pyrrole nitrogens is 1. The largest absolute Gasteiger partial charge is 0.360 e. The molecule has 0 spiro atoms. The molecule has 0 saturated carbocycles. The van der Waals surface area contributed by atoms with Gasteiger partial charge in [-0.1, -0.05) is 30.3 Å². The van der Waals surface area contributed by atoms with E-state index in [4.69, 9.17) is 0 Å². The van der Waals surface area contributed by atoms with Crippen molar-refractivity contribution in [2.45, 2.75) is 6.92 Å². The van der Waals surface area contributed by atoms with E-state index in [2.05, 4.69) is 4.98 Å². The topological polar surface area (TPSA) is 49.9 Å². The lowest BCUT2D eigenvalue weighted by Crippen LogP contribution is -2.13. The molecular weight excluding hydrogens is 226 g/mol. The number of carbonyl (C=O) groups excluding carboxylic acids is 1. The summed E-state index contributed by atoms with van der Waals surface area (Å²) in [5, 5.41) is 2.61. The molecule has 0 bridgehead atoms. The number of rotatable bonds is 1. The SMILES string of the molecule is CC(=O)c1c[nH]c2c(ccc3ccccc32)c1=O. The van der Waals surface area contributed by atoms with Gasteiger partial charge in [0, 0.05) is 17.0 Å². The van der Waals surface area contributed by atoms with Gasteiger partial charge in [-0.2, -0.15) is 0 Å². The second-order valence-corrected chi connectivity index (χ2v) is 4.30. The monoisotopic (exact) mass is 237 g/mol. The summed E-state index contributed by atoms with van der Waals surface area (Å²) in [7, 11) is 0. The lowest BCUT2D eigenvalue weighted by molar-refractivity contribution is 0.101. The Kier molecular flexibility index (Phi) is 2.27. The molecule has 3 nitrogen and oxygen atoms in total. The van der Waals surface area contributed by atoms with Gasteiger partial charge in [-0.05, 0) is 18.4 Å². The van der Waals surface area contributed by atoms with Gasteiger partial charge in [0.05, 0.1) is 11.1 Å². The molecule has 88 valence electrons. The maximum atomic E-state index is 12.2. The molecule has 1 aromatic heterocycles. The van der Waals surface area contributed by atoms with Crippen LogP contribution in [-0.4, -0.2) is 10.8 Å². The van der Waals surface area contributed by atoms with Crippen molar-refractivity contribution in [3.05, 3.63) is 58.4 Å². The standard InChI is InChI=1S/C15H11NO2/c1-9(17)13-8-16-14-11-5-3-2-4-10(11)6-7-12(14)15(13)18/h2-8H,1H3,(H,16,18). The number of benzene rings is 2. The molecule has 1 heterocycles. The van der Waals surface area contributed by atoms with Gasteiger partial charge < -0.3 is 4.98 Å². The third-order valence-electron chi connectivity index (χ3n) is 3.16. The average molecular weight is 237 g/mol. The summed E-state index contributed by atoms with van der Waals surface area (Å²) in [6, 6.07) is 11.5. The van der Waals surface area contributed by atoms with Crippen LogP contribution < -0.4 is 5.43 Å². The summed E-state index contributed by atoms with van der Waals surface area (Å²) in [4.78, 5) is 26.6. The van der Waals surface area contributed by atoms with E-state index in [1.807, 2.05) is 30.3 Å². The molecule has 0 radical (unpaired) electrons. The van der Waals surface area contributed by atoms with Crippen LogP contribution in [0.1, 0.15) is 17.3 Å². The van der Waals surface area contributed by atoms with Crippen LogP contribution in [0, 0.1) is 0 Å². The molecule has 0 fully saturated rings. The number of hydrogen-bond donors (Lipinski definition) is 1. The Balaban J connectivity index is 2.52. The summed E-state index contributed by atoms with van der Waals surface area (Å²) in [6.07, 6.45) is 1.50. The fourth-order valence-electron chi connectivity index (χ4n) is 2.23. The highest BCUT2D eigenvalue weighted by Crippen LogP contribution is 2.21. The minimum atomic E-state index is -0.216. The van der Waals surface area contributed by atoms with E-state index in [-0.39, 0.29) is 16.8 Å². The zero-order chi connectivity index (χ0) is 12.7. The number of fused-ring (bicyclic) bond motifs is 3. The van der Waals surface area contributed by atoms with Gasteiger partial charge in [-0.3, -0.25) is 9.59 Å². The Morgan fingerprint density at radius 1 is 1.06 bits per heavy atom. The molecule has 3 rings (SSSR count). The van der Waals surface area contributed by atoms with Gasteiger partial charge in [-0.25, -0.2) is 0 Å². The minimum Gasteiger partial charge on any atom is -0.360 e. The molecule has 3 aromatic rings. The van der Waals surface area contributed by atoms with Gasteiger partial charge in [0.25, 0.3) is 0 Å². The van der Waals surface area contributed by atoms with Crippen molar-refractivity contribution in [1.29, 1.82) is 0 Å². The Bertz CT molecular complexity index is 831. The summed E-state index contributed by atoms with van der Waals surface area (Å²) in [5.41, 5.74) is 0.780. The third kappa shape index (κ3) is 1.44. The van der Waals surface area contributed by atoms with Crippen LogP contribution in [0.4, 0.5) is 0 Å². The van der Waals surface area contributed by atoms with E-state index in [9.17, 15) is 9.59 Å². The molecule has 1 N–H and O–H groups in total. The number of hydrogen-bond acceptors (Lipinski definition) is 2. The molecule has 0 atom stereocenters. The second-order valence-electron chi connectivity index (χ2n) is 4.30. The smallest absolute Gasteiger partial charge is 0.200 e. The number of pyridine rings is 1. The Hall–Kier alpha value is -2.42. The van der Waals surface area contributed by atoms with Crippen LogP contribution in [0.5, 0.6) is 0 Å². The first-order chi connectivity index (χ1) is 8.68. The highest BCUT2D eigenvalue weighted by molar-refractivity contribution is 6.07. The second kappa shape index (κ2) is 3.81. The molecule has 0 saturated heterocycles. The number of nitrogens with one attached hydrogen (secondary N) is 1. The van der Waals surface area contributed by atoms with Gasteiger partial charge in [0.15, 0.2) is 11.2 Å². The molecule has 0 aliphatic heterocycles. The quantitative estimate of drug-likeness (QED) is 0.522. The average Bonchev–Trinajstić information content (AvgIpc) is 2.38. The van der Waals surface area contributed by atoms with Gasteiger partial charge in [0.1, 0.15) is 0 Å². The van der Waals surface area contributed by atoms with E-state index >= 15 is 0 Å². The van der Waals surface area contributed by atoms with E-state index in [1.165, 1.54) is 13.1 Å². The molecule has 3 heteroatoms. The van der Waals surface area contributed by atoms with Gasteiger partial charge >= 0.3 is 0 Å². The first-order valence-electron chi connectivity index (χ1n) is 5.72. The highest BCUT2D eigenvalue weighted by atomic mass is 16.1. The fourth-order valence-corrected chi connectivity index (χ4v) is 2.23. The Labute approximate surface area is 103 Å². The van der Waals surface area contributed by atoms with Crippen LogP contribution in [-0.2, 0) is 0 Å². The molecular formula is C15H11NO2. The summed E-state index contributed by atoms with van der Waals surface area (Å²) >= 11 is 0. The van der Waals surface area contributed by atoms with Gasteiger partial charge in [0.2, 0.25) is 0 Å². The molecule has 2 aromatic carbocycles. The van der Waals surface area contributed by atoms with Crippen molar-refractivity contribution in [2.24, 2.45) is 0 Å². The van der Waals surface area contributed by atoms with Crippen molar-refractivity contribution >= 4 is 27.5 Å². The van der Waals surface area contributed by atoms with Crippen molar-refractivity contribution < 1.29 is 4.79 Å².